The van der Waals surface area contributed by atoms with Gasteiger partial charge in [0.05, 0.1) is 0 Å². The van der Waals surface area contributed by atoms with Crippen LogP contribution in [0.25, 0.3) is 0 Å². The molecule has 0 spiro atoms. The van der Waals surface area contributed by atoms with Crippen molar-refractivity contribution in [3.8, 4) is 0 Å². The number of aryl methyl sites for hydroxylation is 1. The Hall–Kier alpha value is -1.70. The molecule has 88 valence electrons. The first kappa shape index (κ1) is 12.4. The Morgan fingerprint density at radius 3 is 2.69 bits per heavy atom. The van der Waals surface area contributed by atoms with Gasteiger partial charge in [-0.3, -0.25) is 5.32 Å². The van der Waals surface area contributed by atoms with E-state index in [2.05, 4.69) is 20.0 Å². The van der Waals surface area contributed by atoms with Crippen LogP contribution in [-0.2, 0) is 4.79 Å². The zero-order chi connectivity index (χ0) is 12.1. The number of carbonyl (C=O) groups is 2. The Labute approximate surface area is 96.1 Å². The smallest absolute Gasteiger partial charge is 0.326 e. The predicted octanol–water partition coefficient (Wildman–Crippen LogP) is 0.831. The first-order chi connectivity index (χ1) is 7.52. The van der Waals surface area contributed by atoms with Gasteiger partial charge in [-0.15, -0.1) is 0 Å². The summed E-state index contributed by atoms with van der Waals surface area (Å²) < 4.78 is 3.88. The summed E-state index contributed by atoms with van der Waals surface area (Å²) in [5.41, 5.74) is 0. The molecule has 1 aromatic rings. The molecule has 1 rings (SSSR count). The SMILES string of the molecule is CC[C@@H](NC(=O)Nc1nc(C)ns1)C(=O)O. The van der Waals surface area contributed by atoms with Crippen molar-refractivity contribution in [2.24, 2.45) is 0 Å². The molecule has 3 N–H and O–H groups in total. The topological polar surface area (TPSA) is 104 Å². The summed E-state index contributed by atoms with van der Waals surface area (Å²) in [6.07, 6.45) is 0.317. The number of aliphatic carboxylic acids is 1. The van der Waals surface area contributed by atoms with E-state index in [1.54, 1.807) is 13.8 Å². The Morgan fingerprint density at radius 2 is 2.25 bits per heavy atom. The molecule has 0 aromatic carbocycles. The lowest BCUT2D eigenvalue weighted by Gasteiger charge is -2.11. The summed E-state index contributed by atoms with van der Waals surface area (Å²) in [4.78, 5) is 25.9. The molecule has 0 saturated carbocycles. The normalized spacial score (nSPS) is 11.9. The van der Waals surface area contributed by atoms with Crippen LogP contribution in [0.2, 0.25) is 0 Å². The fraction of sp³-hybridized carbons (Fsp3) is 0.500. The summed E-state index contributed by atoms with van der Waals surface area (Å²) >= 11 is 1.04. The van der Waals surface area contributed by atoms with Crippen molar-refractivity contribution in [3.63, 3.8) is 0 Å². The van der Waals surface area contributed by atoms with Crippen LogP contribution in [0.4, 0.5) is 9.93 Å². The minimum absolute atomic E-state index is 0.317. The standard InChI is InChI=1S/C8H12N4O3S/c1-3-5(6(13)14)10-7(15)11-8-9-4(2)12-16-8/h5H,3H2,1-2H3,(H,13,14)(H2,9,10,11,12,15)/t5-/m1/s1. The minimum Gasteiger partial charge on any atom is -0.480 e. The molecule has 0 unspecified atom stereocenters. The molecule has 8 heteroatoms. The maximum atomic E-state index is 11.3. The molecule has 1 heterocycles. The molecular formula is C8H12N4O3S. The van der Waals surface area contributed by atoms with Crippen molar-refractivity contribution in [3.05, 3.63) is 5.82 Å². The van der Waals surface area contributed by atoms with Crippen molar-refractivity contribution in [2.45, 2.75) is 26.3 Å². The third-order valence-corrected chi connectivity index (χ3v) is 2.48. The molecule has 0 fully saturated rings. The van der Waals surface area contributed by atoms with Crippen molar-refractivity contribution in [1.82, 2.24) is 14.7 Å². The average Bonchev–Trinajstić information content (AvgIpc) is 2.60. The average molecular weight is 244 g/mol. The van der Waals surface area contributed by atoms with E-state index in [4.69, 9.17) is 5.11 Å². The van der Waals surface area contributed by atoms with Gasteiger partial charge < -0.3 is 10.4 Å². The van der Waals surface area contributed by atoms with Crippen molar-refractivity contribution in [2.75, 3.05) is 5.32 Å². The van der Waals surface area contributed by atoms with Crippen LogP contribution in [0, 0.1) is 6.92 Å². The van der Waals surface area contributed by atoms with Crippen LogP contribution < -0.4 is 10.6 Å². The predicted molar refractivity (Wildman–Crippen MR) is 58.5 cm³/mol. The van der Waals surface area contributed by atoms with Crippen LogP contribution in [0.15, 0.2) is 0 Å². The van der Waals surface area contributed by atoms with Crippen molar-refractivity contribution in [1.29, 1.82) is 0 Å². The van der Waals surface area contributed by atoms with Crippen LogP contribution >= 0.6 is 11.5 Å². The van der Waals surface area contributed by atoms with E-state index >= 15 is 0 Å². The fourth-order valence-electron chi connectivity index (χ4n) is 0.978. The molecule has 7 nitrogen and oxygen atoms in total. The first-order valence-corrected chi connectivity index (χ1v) is 5.41. The number of nitrogens with one attached hydrogen (secondary N) is 2. The molecule has 1 aromatic heterocycles. The summed E-state index contributed by atoms with van der Waals surface area (Å²) in [5.74, 6) is -0.503. The minimum atomic E-state index is -1.06. The molecular weight excluding hydrogens is 232 g/mol. The largest absolute Gasteiger partial charge is 0.480 e. The van der Waals surface area contributed by atoms with Gasteiger partial charge in [0.25, 0.3) is 0 Å². The van der Waals surface area contributed by atoms with E-state index in [-0.39, 0.29) is 0 Å². The second-order valence-corrected chi connectivity index (χ2v) is 3.80. The summed E-state index contributed by atoms with van der Waals surface area (Å²) in [6, 6.07) is -1.49. The molecule has 16 heavy (non-hydrogen) atoms. The van der Waals surface area contributed by atoms with Gasteiger partial charge in [-0.25, -0.2) is 14.6 Å². The van der Waals surface area contributed by atoms with Crippen molar-refractivity contribution >= 4 is 28.7 Å². The van der Waals surface area contributed by atoms with Gasteiger partial charge in [-0.05, 0) is 13.3 Å². The Morgan fingerprint density at radius 1 is 1.56 bits per heavy atom. The number of hydrogen-bond acceptors (Lipinski definition) is 5. The van der Waals surface area contributed by atoms with Crippen LogP contribution in [-0.4, -0.2) is 32.5 Å². The van der Waals surface area contributed by atoms with E-state index in [0.29, 0.717) is 17.4 Å². The third kappa shape index (κ3) is 3.46. The quantitative estimate of drug-likeness (QED) is 0.727. The van der Waals surface area contributed by atoms with Crippen LogP contribution in [0.5, 0.6) is 0 Å². The number of carboxylic acids is 1. The number of hydrogen-bond donors (Lipinski definition) is 3. The van der Waals surface area contributed by atoms with E-state index in [0.717, 1.165) is 11.5 Å². The molecule has 0 aliphatic rings. The van der Waals surface area contributed by atoms with Gasteiger partial charge >= 0.3 is 12.0 Å². The van der Waals surface area contributed by atoms with Gasteiger partial charge in [0.2, 0.25) is 5.13 Å². The Kier molecular flexibility index (Phi) is 4.18. The third-order valence-electron chi connectivity index (χ3n) is 1.76. The maximum Gasteiger partial charge on any atom is 0.326 e. The number of rotatable bonds is 4. The van der Waals surface area contributed by atoms with E-state index in [9.17, 15) is 9.59 Å². The van der Waals surface area contributed by atoms with Gasteiger partial charge in [-0.1, -0.05) is 6.92 Å². The second kappa shape index (κ2) is 5.40. The number of carbonyl (C=O) groups excluding carboxylic acids is 1. The fourth-order valence-corrected chi connectivity index (χ4v) is 1.55. The lowest BCUT2D eigenvalue weighted by molar-refractivity contribution is -0.139. The highest BCUT2D eigenvalue weighted by molar-refractivity contribution is 7.09. The summed E-state index contributed by atoms with van der Waals surface area (Å²) in [7, 11) is 0. The number of carboxylic acid groups (broad SMARTS) is 1. The lowest BCUT2D eigenvalue weighted by Crippen LogP contribution is -2.42. The monoisotopic (exact) mass is 244 g/mol. The molecule has 0 bridgehead atoms. The van der Waals surface area contributed by atoms with E-state index in [1.807, 2.05) is 0 Å². The summed E-state index contributed by atoms with van der Waals surface area (Å²) in [5, 5.41) is 13.8. The Balaban J connectivity index is 2.50. The van der Waals surface area contributed by atoms with Gasteiger partial charge in [0, 0.05) is 11.5 Å². The zero-order valence-corrected chi connectivity index (χ0v) is 9.67. The number of aromatic nitrogens is 2. The molecule has 0 aliphatic carbocycles. The summed E-state index contributed by atoms with van der Waals surface area (Å²) in [6.45, 7) is 3.37. The Bertz CT molecular complexity index is 392. The number of nitrogens with zero attached hydrogens (tertiary/aromatic N) is 2. The molecule has 0 radical (unpaired) electrons. The highest BCUT2D eigenvalue weighted by atomic mass is 32.1. The van der Waals surface area contributed by atoms with Gasteiger partial charge in [0.1, 0.15) is 11.9 Å². The van der Waals surface area contributed by atoms with E-state index in [1.165, 1.54) is 0 Å². The molecule has 0 saturated heterocycles. The maximum absolute atomic E-state index is 11.3. The van der Waals surface area contributed by atoms with E-state index < -0.39 is 18.0 Å². The lowest BCUT2D eigenvalue weighted by atomic mass is 10.2. The number of amides is 2. The molecule has 2 amide bonds. The van der Waals surface area contributed by atoms with Crippen molar-refractivity contribution < 1.29 is 14.7 Å². The zero-order valence-electron chi connectivity index (χ0n) is 8.85. The second-order valence-electron chi connectivity index (χ2n) is 3.04. The molecule has 0 aliphatic heterocycles. The highest BCUT2D eigenvalue weighted by Crippen LogP contribution is 2.09. The van der Waals surface area contributed by atoms with Gasteiger partial charge in [0.15, 0.2) is 0 Å². The van der Waals surface area contributed by atoms with Gasteiger partial charge in [-0.2, -0.15) is 4.37 Å². The number of anilines is 1. The molecule has 1 atom stereocenters. The number of urea groups is 1. The van der Waals surface area contributed by atoms with Crippen LogP contribution in [0.3, 0.4) is 0 Å². The highest BCUT2D eigenvalue weighted by Gasteiger charge is 2.17. The van der Waals surface area contributed by atoms with Crippen LogP contribution in [0.1, 0.15) is 19.2 Å². The first-order valence-electron chi connectivity index (χ1n) is 4.63.